The van der Waals surface area contributed by atoms with E-state index in [1.807, 2.05) is 20.8 Å². The lowest BCUT2D eigenvalue weighted by molar-refractivity contribution is -0.0387. The Kier molecular flexibility index (Phi) is 4.90. The highest BCUT2D eigenvalue weighted by Gasteiger charge is 2.36. The van der Waals surface area contributed by atoms with Gasteiger partial charge in [-0.3, -0.25) is 19.3 Å². The predicted octanol–water partition coefficient (Wildman–Crippen LogP) is 2.33. The molecule has 0 aromatic heterocycles. The minimum atomic E-state index is -0.300. The third-order valence-corrected chi connectivity index (χ3v) is 4.82. The van der Waals surface area contributed by atoms with Crippen molar-refractivity contribution < 1.29 is 19.1 Å². The molecule has 2 unspecified atom stereocenters. The van der Waals surface area contributed by atoms with E-state index in [9.17, 15) is 14.4 Å². The molecule has 2 aliphatic rings. The zero-order valence-electron chi connectivity index (χ0n) is 14.9. The number of nitrogens with zero attached hydrogens (tertiary/aromatic N) is 2. The lowest BCUT2D eigenvalue weighted by Crippen LogP contribution is -2.50. The number of fused-ring (bicyclic) bond motifs is 1. The minimum Gasteiger partial charge on any atom is -0.375 e. The maximum absolute atomic E-state index is 12.9. The van der Waals surface area contributed by atoms with Gasteiger partial charge < -0.3 is 9.64 Å². The van der Waals surface area contributed by atoms with Gasteiger partial charge in [-0.15, -0.1) is 0 Å². The number of imide groups is 1. The number of morpholine rings is 1. The van der Waals surface area contributed by atoms with Crippen molar-refractivity contribution in [2.75, 3.05) is 19.7 Å². The standard InChI is InChI=1S/C19H24N2O4/c1-4-5-8-20-18(23)15-7-6-14(9-16(15)19(20)24)17(22)21-10-13(3)25-11-12(21)2/h6-7,9,12-13H,4-5,8,10-11H2,1-3H3. The Hall–Kier alpha value is -2.21. The van der Waals surface area contributed by atoms with Gasteiger partial charge in [0.1, 0.15) is 0 Å². The molecule has 1 aromatic rings. The van der Waals surface area contributed by atoms with E-state index in [1.54, 1.807) is 23.1 Å². The van der Waals surface area contributed by atoms with Gasteiger partial charge in [0.25, 0.3) is 17.7 Å². The first-order chi connectivity index (χ1) is 11.9. The van der Waals surface area contributed by atoms with Crippen molar-refractivity contribution in [3.63, 3.8) is 0 Å². The number of hydrogen-bond donors (Lipinski definition) is 0. The summed E-state index contributed by atoms with van der Waals surface area (Å²) < 4.78 is 5.56. The van der Waals surface area contributed by atoms with Gasteiger partial charge >= 0.3 is 0 Å². The van der Waals surface area contributed by atoms with E-state index in [0.717, 1.165) is 12.8 Å². The van der Waals surface area contributed by atoms with Crippen LogP contribution >= 0.6 is 0 Å². The Bertz CT molecular complexity index is 715. The summed E-state index contributed by atoms with van der Waals surface area (Å²) in [6.45, 7) is 7.33. The Morgan fingerprint density at radius 1 is 1.20 bits per heavy atom. The fourth-order valence-corrected chi connectivity index (χ4v) is 3.30. The van der Waals surface area contributed by atoms with Gasteiger partial charge in [0.05, 0.1) is 29.9 Å². The lowest BCUT2D eigenvalue weighted by Gasteiger charge is -2.36. The summed E-state index contributed by atoms with van der Waals surface area (Å²) in [5, 5.41) is 0. The quantitative estimate of drug-likeness (QED) is 0.786. The molecule has 3 rings (SSSR count). The number of ether oxygens (including phenoxy) is 1. The molecule has 2 aliphatic heterocycles. The van der Waals surface area contributed by atoms with E-state index in [4.69, 9.17) is 4.74 Å². The van der Waals surface area contributed by atoms with Crippen LogP contribution in [0.1, 0.15) is 64.7 Å². The van der Waals surface area contributed by atoms with Crippen LogP contribution in [0.3, 0.4) is 0 Å². The number of carbonyl (C=O) groups excluding carboxylic acids is 3. The van der Waals surface area contributed by atoms with Gasteiger partial charge in [-0.25, -0.2) is 0 Å². The van der Waals surface area contributed by atoms with E-state index in [0.29, 0.717) is 36.4 Å². The van der Waals surface area contributed by atoms with Crippen LogP contribution in [0, 0.1) is 0 Å². The lowest BCUT2D eigenvalue weighted by atomic mass is 10.0. The SMILES string of the molecule is CCCCN1C(=O)c2ccc(C(=O)N3CC(C)OCC3C)cc2C1=O. The van der Waals surface area contributed by atoms with Crippen LogP contribution in [0.25, 0.3) is 0 Å². The van der Waals surface area contributed by atoms with Crippen LogP contribution in [0.5, 0.6) is 0 Å². The molecule has 2 heterocycles. The number of amides is 3. The average Bonchev–Trinajstić information content (AvgIpc) is 2.85. The molecule has 134 valence electrons. The molecule has 1 aromatic carbocycles. The molecule has 0 spiro atoms. The summed E-state index contributed by atoms with van der Waals surface area (Å²) in [4.78, 5) is 40.8. The predicted molar refractivity (Wildman–Crippen MR) is 92.6 cm³/mol. The Labute approximate surface area is 147 Å². The molecule has 3 amide bonds. The first kappa shape index (κ1) is 17.6. The van der Waals surface area contributed by atoms with Crippen molar-refractivity contribution >= 4 is 17.7 Å². The van der Waals surface area contributed by atoms with Crippen molar-refractivity contribution in [2.45, 2.75) is 45.8 Å². The van der Waals surface area contributed by atoms with E-state index in [1.165, 1.54) is 4.90 Å². The van der Waals surface area contributed by atoms with Gasteiger partial charge in [-0.05, 0) is 38.5 Å². The molecule has 6 nitrogen and oxygen atoms in total. The summed E-state index contributed by atoms with van der Waals surface area (Å²) >= 11 is 0. The van der Waals surface area contributed by atoms with Crippen LogP contribution in [-0.2, 0) is 4.74 Å². The second kappa shape index (κ2) is 6.96. The van der Waals surface area contributed by atoms with E-state index in [-0.39, 0.29) is 29.9 Å². The second-order valence-electron chi connectivity index (χ2n) is 6.83. The van der Waals surface area contributed by atoms with Crippen LogP contribution in [0.15, 0.2) is 18.2 Å². The topological polar surface area (TPSA) is 66.9 Å². The first-order valence-electron chi connectivity index (χ1n) is 8.86. The smallest absolute Gasteiger partial charge is 0.261 e. The third-order valence-electron chi connectivity index (χ3n) is 4.82. The Balaban J connectivity index is 1.85. The molecule has 25 heavy (non-hydrogen) atoms. The maximum Gasteiger partial charge on any atom is 0.261 e. The van der Waals surface area contributed by atoms with Gasteiger partial charge in [0, 0.05) is 18.7 Å². The third kappa shape index (κ3) is 3.18. The normalized spacial score (nSPS) is 23.2. The summed E-state index contributed by atoms with van der Waals surface area (Å²) in [6.07, 6.45) is 1.67. The van der Waals surface area contributed by atoms with Gasteiger partial charge in [-0.1, -0.05) is 13.3 Å². The largest absolute Gasteiger partial charge is 0.375 e. The Morgan fingerprint density at radius 3 is 2.64 bits per heavy atom. The number of benzene rings is 1. The van der Waals surface area contributed by atoms with Gasteiger partial charge in [0.2, 0.25) is 0 Å². The van der Waals surface area contributed by atoms with Crippen molar-refractivity contribution in [2.24, 2.45) is 0 Å². The molecule has 0 bridgehead atoms. The molecule has 6 heteroatoms. The molecular weight excluding hydrogens is 320 g/mol. The van der Waals surface area contributed by atoms with Gasteiger partial charge in [-0.2, -0.15) is 0 Å². The van der Waals surface area contributed by atoms with E-state index < -0.39 is 0 Å². The van der Waals surface area contributed by atoms with Crippen molar-refractivity contribution in [1.29, 1.82) is 0 Å². The summed E-state index contributed by atoms with van der Waals surface area (Å²) in [7, 11) is 0. The minimum absolute atomic E-state index is 0.0117. The zero-order chi connectivity index (χ0) is 18.1. The number of rotatable bonds is 4. The molecule has 2 atom stereocenters. The zero-order valence-corrected chi connectivity index (χ0v) is 14.9. The highest BCUT2D eigenvalue weighted by molar-refractivity contribution is 6.22. The number of carbonyl (C=O) groups is 3. The number of hydrogen-bond acceptors (Lipinski definition) is 4. The summed E-state index contributed by atoms with van der Waals surface area (Å²) in [5.41, 5.74) is 1.17. The maximum atomic E-state index is 12.9. The van der Waals surface area contributed by atoms with Crippen LogP contribution in [0.4, 0.5) is 0 Å². The van der Waals surface area contributed by atoms with Gasteiger partial charge in [0.15, 0.2) is 0 Å². The molecule has 0 aliphatic carbocycles. The fraction of sp³-hybridized carbons (Fsp3) is 0.526. The molecule has 0 radical (unpaired) electrons. The summed E-state index contributed by atoms with van der Waals surface area (Å²) in [5.74, 6) is -0.690. The Morgan fingerprint density at radius 2 is 1.92 bits per heavy atom. The average molecular weight is 344 g/mol. The second-order valence-corrected chi connectivity index (χ2v) is 6.83. The molecule has 1 fully saturated rings. The first-order valence-corrected chi connectivity index (χ1v) is 8.86. The van der Waals surface area contributed by atoms with Crippen molar-refractivity contribution in [3.8, 4) is 0 Å². The van der Waals surface area contributed by atoms with E-state index >= 15 is 0 Å². The number of unbranched alkanes of at least 4 members (excludes halogenated alkanes) is 1. The molecule has 0 saturated carbocycles. The highest BCUT2D eigenvalue weighted by Crippen LogP contribution is 2.25. The fourth-order valence-electron chi connectivity index (χ4n) is 3.30. The van der Waals surface area contributed by atoms with Crippen LogP contribution < -0.4 is 0 Å². The molecular formula is C19H24N2O4. The molecule has 0 N–H and O–H groups in total. The molecule has 1 saturated heterocycles. The van der Waals surface area contributed by atoms with Crippen LogP contribution in [0.2, 0.25) is 0 Å². The van der Waals surface area contributed by atoms with Crippen molar-refractivity contribution in [1.82, 2.24) is 9.80 Å². The highest BCUT2D eigenvalue weighted by atomic mass is 16.5. The van der Waals surface area contributed by atoms with Crippen LogP contribution in [-0.4, -0.2) is 59.4 Å². The van der Waals surface area contributed by atoms with E-state index in [2.05, 4.69) is 0 Å². The summed E-state index contributed by atoms with van der Waals surface area (Å²) in [6, 6.07) is 4.79. The van der Waals surface area contributed by atoms with Crippen molar-refractivity contribution in [3.05, 3.63) is 34.9 Å². The monoisotopic (exact) mass is 344 g/mol.